The molecule has 3 amide bonds. The van der Waals surface area contributed by atoms with Gasteiger partial charge >= 0.3 is 12.0 Å². The zero-order valence-corrected chi connectivity index (χ0v) is 18.9. The third kappa shape index (κ3) is 8.43. The Morgan fingerprint density at radius 3 is 1.85 bits per heavy atom. The number of ether oxygens (including phenoxy) is 1. The molecule has 0 unspecified atom stereocenters. The van der Waals surface area contributed by atoms with Crippen molar-refractivity contribution in [1.82, 2.24) is 16.0 Å². The van der Waals surface area contributed by atoms with E-state index in [4.69, 9.17) is 4.74 Å². The smallest absolute Gasteiger partial charge is 0.325 e. The van der Waals surface area contributed by atoms with E-state index in [1.54, 1.807) is 0 Å². The molecule has 0 spiro atoms. The van der Waals surface area contributed by atoms with Gasteiger partial charge in [-0.2, -0.15) is 0 Å². The van der Waals surface area contributed by atoms with Crippen molar-refractivity contribution in [3.8, 4) is 0 Å². The third-order valence-corrected chi connectivity index (χ3v) is 5.21. The van der Waals surface area contributed by atoms with Crippen LogP contribution in [0.25, 0.3) is 0 Å². The number of benzene rings is 3. The second-order valence-corrected chi connectivity index (χ2v) is 7.70. The zero-order chi connectivity index (χ0) is 24.0. The van der Waals surface area contributed by atoms with E-state index >= 15 is 0 Å². The maximum Gasteiger partial charge on any atom is 0.325 e. The molecule has 3 aromatic rings. The molecule has 34 heavy (non-hydrogen) atoms. The lowest BCUT2D eigenvalue weighted by Crippen LogP contribution is -2.39. The van der Waals surface area contributed by atoms with Crippen LogP contribution in [0.1, 0.15) is 29.0 Å². The van der Waals surface area contributed by atoms with Gasteiger partial charge in [-0.3, -0.25) is 9.59 Å². The van der Waals surface area contributed by atoms with Gasteiger partial charge in [-0.1, -0.05) is 91.0 Å². The van der Waals surface area contributed by atoms with Crippen LogP contribution in [0.15, 0.2) is 91.0 Å². The van der Waals surface area contributed by atoms with Crippen molar-refractivity contribution in [2.24, 2.45) is 0 Å². The van der Waals surface area contributed by atoms with E-state index in [2.05, 4.69) is 40.2 Å². The lowest BCUT2D eigenvalue weighted by Gasteiger charge is -2.18. The van der Waals surface area contributed by atoms with Crippen LogP contribution in [-0.4, -0.2) is 37.6 Å². The number of rotatable bonds is 11. The standard InChI is InChI=1S/C27H29N3O4/c31-25(20-34-26(32)19-30-27(33)29-18-21-10-4-1-5-11-21)28-17-16-24(22-12-6-2-7-13-22)23-14-8-3-9-15-23/h1-15,24H,16-20H2,(H,28,31)(H2,29,30,33). The molecule has 0 aliphatic carbocycles. The molecule has 7 heteroatoms. The Morgan fingerprint density at radius 1 is 0.706 bits per heavy atom. The summed E-state index contributed by atoms with van der Waals surface area (Å²) >= 11 is 0. The van der Waals surface area contributed by atoms with E-state index in [1.165, 1.54) is 11.1 Å². The fraction of sp³-hybridized carbons (Fsp3) is 0.222. The molecule has 0 saturated heterocycles. The Morgan fingerprint density at radius 2 is 1.26 bits per heavy atom. The summed E-state index contributed by atoms with van der Waals surface area (Å²) in [6, 6.07) is 29.2. The Labute approximate surface area is 199 Å². The number of carbonyl (C=O) groups excluding carboxylic acids is 3. The van der Waals surface area contributed by atoms with Crippen LogP contribution in [-0.2, 0) is 20.9 Å². The lowest BCUT2D eigenvalue weighted by molar-refractivity contribution is -0.147. The number of esters is 1. The third-order valence-electron chi connectivity index (χ3n) is 5.21. The van der Waals surface area contributed by atoms with Crippen LogP contribution in [0.4, 0.5) is 4.79 Å². The minimum Gasteiger partial charge on any atom is -0.454 e. The minimum absolute atomic E-state index is 0.142. The summed E-state index contributed by atoms with van der Waals surface area (Å²) in [5.41, 5.74) is 3.29. The average Bonchev–Trinajstić information content (AvgIpc) is 2.89. The van der Waals surface area contributed by atoms with Crippen molar-refractivity contribution in [2.75, 3.05) is 19.7 Å². The van der Waals surface area contributed by atoms with Crippen molar-refractivity contribution in [2.45, 2.75) is 18.9 Å². The number of amides is 3. The summed E-state index contributed by atoms with van der Waals surface area (Å²) in [6.07, 6.45) is 0.705. The number of nitrogens with one attached hydrogen (secondary N) is 3. The molecular formula is C27H29N3O4. The van der Waals surface area contributed by atoms with Crippen molar-refractivity contribution in [1.29, 1.82) is 0 Å². The maximum absolute atomic E-state index is 12.1. The van der Waals surface area contributed by atoms with Gasteiger partial charge in [0.05, 0.1) is 0 Å². The number of urea groups is 1. The summed E-state index contributed by atoms with van der Waals surface area (Å²) in [5, 5.41) is 7.86. The first-order valence-corrected chi connectivity index (χ1v) is 11.2. The Hall–Kier alpha value is -4.13. The minimum atomic E-state index is -0.684. The van der Waals surface area contributed by atoms with E-state index in [1.807, 2.05) is 66.7 Å². The molecule has 0 aromatic heterocycles. The number of hydrogen-bond donors (Lipinski definition) is 3. The van der Waals surface area contributed by atoms with Crippen LogP contribution >= 0.6 is 0 Å². The van der Waals surface area contributed by atoms with Crippen LogP contribution < -0.4 is 16.0 Å². The van der Waals surface area contributed by atoms with Crippen LogP contribution in [0.3, 0.4) is 0 Å². The van der Waals surface area contributed by atoms with E-state index in [0.29, 0.717) is 19.5 Å². The van der Waals surface area contributed by atoms with Gasteiger partial charge < -0.3 is 20.7 Å². The van der Waals surface area contributed by atoms with Crippen molar-refractivity contribution in [3.63, 3.8) is 0 Å². The summed E-state index contributed by atoms with van der Waals surface area (Å²) in [5.74, 6) is -0.929. The lowest BCUT2D eigenvalue weighted by atomic mass is 9.88. The molecule has 0 bridgehead atoms. The molecule has 0 atom stereocenters. The quantitative estimate of drug-likeness (QED) is 0.383. The molecule has 0 aliphatic rings. The highest BCUT2D eigenvalue weighted by Crippen LogP contribution is 2.27. The van der Waals surface area contributed by atoms with E-state index in [0.717, 1.165) is 5.56 Å². The van der Waals surface area contributed by atoms with Gasteiger partial charge in [-0.05, 0) is 23.1 Å². The van der Waals surface area contributed by atoms with Gasteiger partial charge in [0, 0.05) is 19.0 Å². The van der Waals surface area contributed by atoms with Gasteiger partial charge in [0.25, 0.3) is 5.91 Å². The van der Waals surface area contributed by atoms with Crippen molar-refractivity contribution >= 4 is 17.9 Å². The highest BCUT2D eigenvalue weighted by Gasteiger charge is 2.15. The normalized spacial score (nSPS) is 10.4. The second-order valence-electron chi connectivity index (χ2n) is 7.70. The molecule has 3 N–H and O–H groups in total. The Balaban J connectivity index is 1.34. The second kappa shape index (κ2) is 13.4. The van der Waals surface area contributed by atoms with Gasteiger partial charge in [-0.15, -0.1) is 0 Å². The van der Waals surface area contributed by atoms with Gasteiger partial charge in [0.1, 0.15) is 6.54 Å². The predicted octanol–water partition coefficient (Wildman–Crippen LogP) is 3.37. The van der Waals surface area contributed by atoms with Crippen molar-refractivity contribution in [3.05, 3.63) is 108 Å². The highest BCUT2D eigenvalue weighted by atomic mass is 16.5. The topological polar surface area (TPSA) is 96.5 Å². The van der Waals surface area contributed by atoms with Gasteiger partial charge in [0.15, 0.2) is 6.61 Å². The van der Waals surface area contributed by atoms with Crippen LogP contribution in [0.2, 0.25) is 0 Å². The molecule has 7 nitrogen and oxygen atoms in total. The zero-order valence-electron chi connectivity index (χ0n) is 18.9. The fourth-order valence-corrected chi connectivity index (χ4v) is 3.49. The first-order chi connectivity index (χ1) is 16.6. The van der Waals surface area contributed by atoms with E-state index in [9.17, 15) is 14.4 Å². The Bertz CT molecular complexity index is 1000. The first kappa shape index (κ1) is 24.5. The summed E-state index contributed by atoms with van der Waals surface area (Å²) in [7, 11) is 0. The molecule has 3 rings (SSSR count). The van der Waals surface area contributed by atoms with Gasteiger partial charge in [-0.25, -0.2) is 4.79 Å². The largest absolute Gasteiger partial charge is 0.454 e. The predicted molar refractivity (Wildman–Crippen MR) is 130 cm³/mol. The SMILES string of the molecule is O=C(COC(=O)CNC(=O)NCc1ccccc1)NCCC(c1ccccc1)c1ccccc1. The highest BCUT2D eigenvalue weighted by molar-refractivity contribution is 5.83. The molecule has 0 heterocycles. The van der Waals surface area contributed by atoms with Crippen LogP contribution in [0, 0.1) is 0 Å². The van der Waals surface area contributed by atoms with E-state index < -0.39 is 18.6 Å². The summed E-state index contributed by atoms with van der Waals surface area (Å²) in [4.78, 5) is 35.7. The van der Waals surface area contributed by atoms with Gasteiger partial charge in [0.2, 0.25) is 0 Å². The number of carbonyl (C=O) groups is 3. The maximum atomic E-state index is 12.1. The molecule has 0 aliphatic heterocycles. The number of hydrogen-bond acceptors (Lipinski definition) is 4. The van der Waals surface area contributed by atoms with Crippen LogP contribution in [0.5, 0.6) is 0 Å². The Kier molecular flexibility index (Phi) is 9.68. The first-order valence-electron chi connectivity index (χ1n) is 11.2. The summed E-state index contributed by atoms with van der Waals surface area (Å²) < 4.78 is 4.95. The van der Waals surface area contributed by atoms with Crippen molar-refractivity contribution < 1.29 is 19.1 Å². The summed E-state index contributed by atoms with van der Waals surface area (Å²) in [6.45, 7) is 0.0630. The molecule has 0 radical (unpaired) electrons. The molecule has 176 valence electrons. The fourth-order valence-electron chi connectivity index (χ4n) is 3.49. The van der Waals surface area contributed by atoms with E-state index in [-0.39, 0.29) is 18.4 Å². The molecule has 3 aromatic carbocycles. The molecule has 0 fully saturated rings. The molecule has 0 saturated carbocycles. The monoisotopic (exact) mass is 459 g/mol. The molecular weight excluding hydrogens is 430 g/mol. The average molecular weight is 460 g/mol.